The van der Waals surface area contributed by atoms with Gasteiger partial charge in [0.15, 0.2) is 0 Å². The van der Waals surface area contributed by atoms with Crippen molar-refractivity contribution >= 4 is 24.1 Å². The van der Waals surface area contributed by atoms with Crippen LogP contribution in [-0.2, 0) is 6.54 Å². The van der Waals surface area contributed by atoms with Crippen molar-refractivity contribution in [3.63, 3.8) is 0 Å². The van der Waals surface area contributed by atoms with E-state index in [-0.39, 0.29) is 12.4 Å². The van der Waals surface area contributed by atoms with E-state index in [2.05, 4.69) is 25.8 Å². The zero-order valence-corrected chi connectivity index (χ0v) is 14.1. The van der Waals surface area contributed by atoms with Crippen molar-refractivity contribution in [2.75, 3.05) is 5.32 Å². The predicted octanol–water partition coefficient (Wildman–Crippen LogP) is 3.54. The fourth-order valence-corrected chi connectivity index (χ4v) is 2.23. The first-order valence-electron chi connectivity index (χ1n) is 7.46. The van der Waals surface area contributed by atoms with Crippen molar-refractivity contribution in [3.8, 4) is 17.3 Å². The normalized spacial score (nSPS) is 10.4. The highest BCUT2D eigenvalue weighted by atomic mass is 35.5. The number of benzene rings is 2. The van der Waals surface area contributed by atoms with E-state index in [0.717, 1.165) is 22.4 Å². The van der Waals surface area contributed by atoms with Crippen molar-refractivity contribution in [1.29, 1.82) is 5.26 Å². The van der Waals surface area contributed by atoms with E-state index in [1.54, 1.807) is 6.20 Å². The molecule has 126 valence electrons. The van der Waals surface area contributed by atoms with E-state index in [1.165, 1.54) is 0 Å². The lowest BCUT2D eigenvalue weighted by Gasteiger charge is -2.11. The van der Waals surface area contributed by atoms with Crippen molar-refractivity contribution in [1.82, 2.24) is 15.5 Å². The Morgan fingerprint density at radius 3 is 2.48 bits per heavy atom. The number of rotatable bonds is 4. The first kappa shape index (κ1) is 18.0. The van der Waals surface area contributed by atoms with Gasteiger partial charge in [0.05, 0.1) is 6.20 Å². The van der Waals surface area contributed by atoms with Gasteiger partial charge in [0.25, 0.3) is 0 Å². The third-order valence-corrected chi connectivity index (χ3v) is 3.44. The summed E-state index contributed by atoms with van der Waals surface area (Å²) in [4.78, 5) is 3.79. The van der Waals surface area contributed by atoms with Crippen LogP contribution in [0.2, 0.25) is 0 Å². The van der Waals surface area contributed by atoms with E-state index in [4.69, 9.17) is 5.26 Å². The molecule has 0 aliphatic carbocycles. The van der Waals surface area contributed by atoms with Crippen molar-refractivity contribution < 1.29 is 0 Å². The Morgan fingerprint density at radius 1 is 1.08 bits per heavy atom. The van der Waals surface area contributed by atoms with Crippen LogP contribution in [0, 0.1) is 11.5 Å². The van der Waals surface area contributed by atoms with Crippen LogP contribution in [0.4, 0.5) is 5.69 Å². The highest BCUT2D eigenvalue weighted by Gasteiger charge is 2.02. The lowest BCUT2D eigenvalue weighted by molar-refractivity contribution is 0.911. The van der Waals surface area contributed by atoms with Crippen LogP contribution in [0.25, 0.3) is 11.1 Å². The Morgan fingerprint density at radius 2 is 1.84 bits per heavy atom. The lowest BCUT2D eigenvalue weighted by atomic mass is 10.1. The molecule has 1 aromatic heterocycles. The van der Waals surface area contributed by atoms with Gasteiger partial charge in [-0.1, -0.05) is 42.5 Å². The van der Waals surface area contributed by atoms with E-state index < -0.39 is 0 Å². The number of hydrogen-bond donors (Lipinski definition) is 3. The van der Waals surface area contributed by atoms with Crippen LogP contribution in [0.15, 0.2) is 72.0 Å². The third-order valence-electron chi connectivity index (χ3n) is 3.44. The standard InChI is InChI=1S/C18H16N6.ClH/c19-13-21-18(20-10-14-4-2-1-3-5-14)24-17-8-6-15(7-9-17)16-11-22-23-12-16;/h1-9,11-12H,10H2,(H,22,23)(H2,20,21,24);1H. The number of halogens is 1. The van der Waals surface area contributed by atoms with Crippen LogP contribution in [0.1, 0.15) is 5.56 Å². The summed E-state index contributed by atoms with van der Waals surface area (Å²) in [6.45, 7) is 0.585. The number of aromatic nitrogens is 2. The summed E-state index contributed by atoms with van der Waals surface area (Å²) < 4.78 is 0. The Labute approximate surface area is 152 Å². The molecule has 1 heterocycles. The molecule has 0 unspecified atom stereocenters. The number of nitrogens with one attached hydrogen (secondary N) is 3. The molecule has 0 saturated carbocycles. The highest BCUT2D eigenvalue weighted by molar-refractivity contribution is 5.94. The van der Waals surface area contributed by atoms with Gasteiger partial charge in [-0.25, -0.2) is 0 Å². The summed E-state index contributed by atoms with van der Waals surface area (Å²) in [6, 6.07) is 17.8. The van der Waals surface area contributed by atoms with Crippen molar-refractivity contribution in [2.45, 2.75) is 6.54 Å². The predicted molar refractivity (Wildman–Crippen MR) is 101 cm³/mol. The highest BCUT2D eigenvalue weighted by Crippen LogP contribution is 2.19. The first-order valence-corrected chi connectivity index (χ1v) is 7.46. The molecular weight excluding hydrogens is 336 g/mol. The topological polar surface area (TPSA) is 88.9 Å². The number of guanidine groups is 1. The fraction of sp³-hybridized carbons (Fsp3) is 0.0556. The zero-order chi connectivity index (χ0) is 16.6. The fourth-order valence-electron chi connectivity index (χ4n) is 2.23. The number of nitriles is 1. The zero-order valence-electron chi connectivity index (χ0n) is 13.3. The van der Waals surface area contributed by atoms with Gasteiger partial charge in [-0.3, -0.25) is 5.10 Å². The molecule has 7 heteroatoms. The molecule has 3 rings (SSSR count). The molecule has 0 spiro atoms. The Bertz CT molecular complexity index is 836. The smallest absolute Gasteiger partial charge is 0.212 e. The number of anilines is 1. The van der Waals surface area contributed by atoms with Gasteiger partial charge in [0, 0.05) is 24.0 Å². The third kappa shape index (κ3) is 5.09. The summed E-state index contributed by atoms with van der Waals surface area (Å²) in [5.74, 6) is 0.414. The minimum Gasteiger partial charge on any atom is -0.351 e. The molecule has 0 amide bonds. The molecule has 3 N–H and O–H groups in total. The molecule has 0 radical (unpaired) electrons. The molecule has 0 aliphatic heterocycles. The van der Waals surface area contributed by atoms with Gasteiger partial charge in [0.1, 0.15) is 0 Å². The summed E-state index contributed by atoms with van der Waals surface area (Å²) in [5, 5.41) is 21.8. The van der Waals surface area contributed by atoms with Crippen LogP contribution >= 0.6 is 12.4 Å². The van der Waals surface area contributed by atoms with E-state index in [0.29, 0.717) is 12.5 Å². The van der Waals surface area contributed by atoms with Crippen LogP contribution in [-0.4, -0.2) is 16.2 Å². The van der Waals surface area contributed by atoms with Crippen molar-refractivity contribution in [2.24, 2.45) is 4.99 Å². The van der Waals surface area contributed by atoms with Crippen LogP contribution in [0.3, 0.4) is 0 Å². The van der Waals surface area contributed by atoms with Gasteiger partial charge < -0.3 is 10.6 Å². The number of H-pyrrole nitrogens is 1. The van der Waals surface area contributed by atoms with E-state index in [9.17, 15) is 0 Å². The maximum Gasteiger partial charge on any atom is 0.212 e. The average Bonchev–Trinajstić information content (AvgIpc) is 3.16. The maximum atomic E-state index is 8.85. The second-order valence-corrected chi connectivity index (χ2v) is 5.09. The number of hydrogen-bond acceptors (Lipinski definition) is 3. The molecule has 0 bridgehead atoms. The monoisotopic (exact) mass is 352 g/mol. The number of aliphatic imine (C=N–C) groups is 1. The SMILES string of the molecule is Cl.N#C/N=C(/NCc1ccccc1)Nc1ccc(-c2cn[nH]c2)cc1. The van der Waals surface area contributed by atoms with Gasteiger partial charge in [-0.15, -0.1) is 17.4 Å². The quantitative estimate of drug-likeness (QED) is 0.380. The largest absolute Gasteiger partial charge is 0.351 e. The second kappa shape index (κ2) is 9.11. The summed E-state index contributed by atoms with van der Waals surface area (Å²) in [7, 11) is 0. The number of nitrogens with zero attached hydrogens (tertiary/aromatic N) is 3. The minimum absolute atomic E-state index is 0. The molecule has 0 aliphatic rings. The summed E-state index contributed by atoms with van der Waals surface area (Å²) in [5.41, 5.74) is 4.04. The Balaban J connectivity index is 0.00000225. The molecule has 2 aromatic carbocycles. The Hall–Kier alpha value is -3.30. The van der Waals surface area contributed by atoms with Gasteiger partial charge in [-0.05, 0) is 23.3 Å². The molecular formula is C18H17ClN6. The molecule has 0 saturated heterocycles. The van der Waals surface area contributed by atoms with Crippen LogP contribution < -0.4 is 10.6 Å². The lowest BCUT2D eigenvalue weighted by Crippen LogP contribution is -2.30. The summed E-state index contributed by atoms with van der Waals surface area (Å²) >= 11 is 0. The molecule has 25 heavy (non-hydrogen) atoms. The first-order chi connectivity index (χ1) is 11.8. The summed E-state index contributed by atoms with van der Waals surface area (Å²) in [6.07, 6.45) is 5.42. The Kier molecular flexibility index (Phi) is 6.57. The number of aromatic amines is 1. The molecule has 3 aromatic rings. The van der Waals surface area contributed by atoms with Crippen molar-refractivity contribution in [3.05, 3.63) is 72.6 Å². The molecule has 0 atom stereocenters. The van der Waals surface area contributed by atoms with Gasteiger partial charge in [0.2, 0.25) is 12.2 Å². The minimum atomic E-state index is 0. The molecule has 0 fully saturated rings. The van der Waals surface area contributed by atoms with Gasteiger partial charge in [-0.2, -0.15) is 10.4 Å². The average molecular weight is 353 g/mol. The second-order valence-electron chi connectivity index (χ2n) is 5.09. The molecule has 6 nitrogen and oxygen atoms in total. The van der Waals surface area contributed by atoms with E-state index >= 15 is 0 Å². The van der Waals surface area contributed by atoms with Gasteiger partial charge >= 0.3 is 0 Å². The maximum absolute atomic E-state index is 8.85. The van der Waals surface area contributed by atoms with E-state index in [1.807, 2.05) is 67.0 Å². The van der Waals surface area contributed by atoms with Crippen LogP contribution in [0.5, 0.6) is 0 Å².